The summed E-state index contributed by atoms with van der Waals surface area (Å²) in [5.41, 5.74) is 2.31. The normalized spacial score (nSPS) is 10.7. The van der Waals surface area contributed by atoms with E-state index in [0.717, 1.165) is 16.4 Å². The Hall–Kier alpha value is -2.34. The second kappa shape index (κ2) is 4.97. The molecule has 0 amide bonds. The number of benzene rings is 1. The standard InChI is InChI=1S/C14H12N4OS/c1-9-13(10(2)19)20-14(16-9)12-8-15-18(17-12)11-6-4-3-5-7-11/h3-8H,1-2H3. The first-order valence-corrected chi connectivity index (χ1v) is 6.93. The predicted octanol–water partition coefficient (Wildman–Crippen LogP) is 2.90. The van der Waals surface area contributed by atoms with Crippen molar-refractivity contribution in [1.82, 2.24) is 20.0 Å². The molecule has 0 aliphatic heterocycles. The molecule has 0 N–H and O–H groups in total. The Morgan fingerprint density at radius 3 is 2.65 bits per heavy atom. The summed E-state index contributed by atoms with van der Waals surface area (Å²) in [5.74, 6) is 0.0294. The fraction of sp³-hybridized carbons (Fsp3) is 0.143. The van der Waals surface area contributed by atoms with Crippen LogP contribution in [0.15, 0.2) is 36.5 Å². The lowest BCUT2D eigenvalue weighted by Crippen LogP contribution is -1.97. The van der Waals surface area contributed by atoms with Gasteiger partial charge in [-0.2, -0.15) is 9.90 Å². The average molecular weight is 284 g/mol. The summed E-state index contributed by atoms with van der Waals surface area (Å²) < 4.78 is 0. The van der Waals surface area contributed by atoms with Crippen molar-refractivity contribution in [3.63, 3.8) is 0 Å². The zero-order valence-corrected chi connectivity index (χ0v) is 11.9. The van der Waals surface area contributed by atoms with Crippen molar-refractivity contribution in [2.75, 3.05) is 0 Å². The molecule has 2 aromatic heterocycles. The van der Waals surface area contributed by atoms with Crippen molar-refractivity contribution in [1.29, 1.82) is 0 Å². The minimum atomic E-state index is 0.0294. The van der Waals surface area contributed by atoms with Gasteiger partial charge in [0.2, 0.25) is 0 Å². The average Bonchev–Trinajstić information content (AvgIpc) is 3.06. The van der Waals surface area contributed by atoms with Crippen molar-refractivity contribution in [3.8, 4) is 16.4 Å². The molecule has 3 aromatic rings. The van der Waals surface area contributed by atoms with E-state index in [4.69, 9.17) is 0 Å². The molecule has 0 spiro atoms. The summed E-state index contributed by atoms with van der Waals surface area (Å²) in [6, 6.07) is 9.66. The molecule has 1 aromatic carbocycles. The molecule has 0 saturated carbocycles. The number of aryl methyl sites for hydroxylation is 1. The second-order valence-corrected chi connectivity index (χ2v) is 5.34. The van der Waals surface area contributed by atoms with Crippen LogP contribution < -0.4 is 0 Å². The van der Waals surface area contributed by atoms with Crippen LogP contribution >= 0.6 is 11.3 Å². The van der Waals surface area contributed by atoms with Gasteiger partial charge in [-0.3, -0.25) is 4.79 Å². The fourth-order valence-electron chi connectivity index (χ4n) is 1.88. The van der Waals surface area contributed by atoms with Crippen LogP contribution in [0.25, 0.3) is 16.4 Å². The highest BCUT2D eigenvalue weighted by atomic mass is 32.1. The minimum absolute atomic E-state index is 0.0294. The Labute approximate surface area is 119 Å². The summed E-state index contributed by atoms with van der Waals surface area (Å²) in [7, 11) is 0. The van der Waals surface area contributed by atoms with E-state index in [1.54, 1.807) is 17.9 Å². The first-order chi connectivity index (χ1) is 9.65. The Balaban J connectivity index is 1.98. The van der Waals surface area contributed by atoms with E-state index in [-0.39, 0.29) is 5.78 Å². The van der Waals surface area contributed by atoms with Crippen molar-refractivity contribution in [3.05, 3.63) is 47.1 Å². The van der Waals surface area contributed by atoms with Crippen molar-refractivity contribution in [2.24, 2.45) is 0 Å². The number of hydrogen-bond donors (Lipinski definition) is 0. The topological polar surface area (TPSA) is 60.7 Å². The fourth-order valence-corrected chi connectivity index (χ4v) is 2.79. The van der Waals surface area contributed by atoms with Gasteiger partial charge >= 0.3 is 0 Å². The van der Waals surface area contributed by atoms with Gasteiger partial charge in [0.15, 0.2) is 5.78 Å². The number of nitrogens with zero attached hydrogens (tertiary/aromatic N) is 4. The van der Waals surface area contributed by atoms with Gasteiger partial charge in [-0.1, -0.05) is 18.2 Å². The Morgan fingerprint density at radius 1 is 1.25 bits per heavy atom. The van der Waals surface area contributed by atoms with Crippen molar-refractivity contribution >= 4 is 17.1 Å². The summed E-state index contributed by atoms with van der Waals surface area (Å²) in [6.45, 7) is 3.38. The Bertz CT molecular complexity index is 761. The van der Waals surface area contributed by atoms with Crippen LogP contribution in [-0.2, 0) is 0 Å². The van der Waals surface area contributed by atoms with E-state index in [1.807, 2.05) is 37.3 Å². The van der Waals surface area contributed by atoms with Crippen LogP contribution in [0.1, 0.15) is 22.3 Å². The van der Waals surface area contributed by atoms with Crippen LogP contribution in [0.5, 0.6) is 0 Å². The van der Waals surface area contributed by atoms with Crippen molar-refractivity contribution < 1.29 is 4.79 Å². The quantitative estimate of drug-likeness (QED) is 0.694. The van der Waals surface area contributed by atoms with Gasteiger partial charge in [0.05, 0.1) is 22.5 Å². The summed E-state index contributed by atoms with van der Waals surface area (Å²) in [4.78, 5) is 18.1. The van der Waals surface area contributed by atoms with E-state index < -0.39 is 0 Å². The molecule has 5 nitrogen and oxygen atoms in total. The molecule has 3 rings (SSSR count). The van der Waals surface area contributed by atoms with Gasteiger partial charge in [-0.25, -0.2) is 4.98 Å². The number of Topliss-reactive ketones (excluding diaryl/α,β-unsaturated/α-hetero) is 1. The van der Waals surface area contributed by atoms with Gasteiger partial charge in [-0.05, 0) is 19.1 Å². The number of thiazole rings is 1. The molecule has 0 atom stereocenters. The van der Waals surface area contributed by atoms with Crippen LogP contribution in [0.4, 0.5) is 0 Å². The summed E-state index contributed by atoms with van der Waals surface area (Å²) >= 11 is 1.35. The first-order valence-electron chi connectivity index (χ1n) is 6.11. The zero-order valence-electron chi connectivity index (χ0n) is 11.1. The molecule has 2 heterocycles. The van der Waals surface area contributed by atoms with E-state index in [1.165, 1.54) is 11.3 Å². The highest BCUT2D eigenvalue weighted by molar-refractivity contribution is 7.17. The van der Waals surface area contributed by atoms with Gasteiger partial charge < -0.3 is 0 Å². The number of para-hydroxylation sites is 1. The van der Waals surface area contributed by atoms with Crippen molar-refractivity contribution in [2.45, 2.75) is 13.8 Å². The summed E-state index contributed by atoms with van der Waals surface area (Å²) in [5, 5.41) is 9.36. The largest absolute Gasteiger partial charge is 0.294 e. The molecule has 0 aliphatic carbocycles. The van der Waals surface area contributed by atoms with E-state index >= 15 is 0 Å². The zero-order chi connectivity index (χ0) is 14.1. The number of ketones is 1. The maximum Gasteiger partial charge on any atom is 0.171 e. The smallest absolute Gasteiger partial charge is 0.171 e. The minimum Gasteiger partial charge on any atom is -0.294 e. The van der Waals surface area contributed by atoms with Crippen LogP contribution in [-0.4, -0.2) is 25.8 Å². The molecule has 0 saturated heterocycles. The molecule has 6 heteroatoms. The van der Waals surface area contributed by atoms with Crippen LogP contribution in [0.2, 0.25) is 0 Å². The Kier molecular flexibility index (Phi) is 3.15. The van der Waals surface area contributed by atoms with Gasteiger partial charge in [-0.15, -0.1) is 16.4 Å². The van der Waals surface area contributed by atoms with E-state index in [0.29, 0.717) is 10.6 Å². The first kappa shape index (κ1) is 12.7. The molecule has 100 valence electrons. The lowest BCUT2D eigenvalue weighted by atomic mass is 10.3. The number of rotatable bonds is 3. The molecule has 0 aliphatic rings. The lowest BCUT2D eigenvalue weighted by Gasteiger charge is -1.96. The van der Waals surface area contributed by atoms with Gasteiger partial charge in [0, 0.05) is 6.92 Å². The second-order valence-electron chi connectivity index (χ2n) is 4.34. The van der Waals surface area contributed by atoms with E-state index in [2.05, 4.69) is 15.2 Å². The molecular formula is C14H12N4OS. The predicted molar refractivity (Wildman–Crippen MR) is 77.2 cm³/mol. The summed E-state index contributed by atoms with van der Waals surface area (Å²) in [6.07, 6.45) is 1.66. The molecule has 0 fully saturated rings. The number of carbonyl (C=O) groups is 1. The molecule has 20 heavy (non-hydrogen) atoms. The highest BCUT2D eigenvalue weighted by Gasteiger charge is 2.15. The number of carbonyl (C=O) groups excluding carboxylic acids is 1. The lowest BCUT2D eigenvalue weighted by molar-refractivity contribution is 0.102. The molecule has 0 unspecified atom stereocenters. The van der Waals surface area contributed by atoms with Gasteiger partial charge in [0.25, 0.3) is 0 Å². The third-order valence-corrected chi connectivity index (χ3v) is 4.10. The highest BCUT2D eigenvalue weighted by Crippen LogP contribution is 2.26. The number of hydrogen-bond acceptors (Lipinski definition) is 5. The SMILES string of the molecule is CC(=O)c1sc(-c2cnn(-c3ccccc3)n2)nc1C. The van der Waals surface area contributed by atoms with Crippen LogP contribution in [0, 0.1) is 6.92 Å². The number of aromatic nitrogens is 4. The maximum atomic E-state index is 11.5. The monoisotopic (exact) mass is 284 g/mol. The molecular weight excluding hydrogens is 272 g/mol. The molecule has 0 bridgehead atoms. The van der Waals surface area contributed by atoms with Gasteiger partial charge in [0.1, 0.15) is 10.7 Å². The third-order valence-electron chi connectivity index (χ3n) is 2.81. The molecule has 0 radical (unpaired) electrons. The van der Waals surface area contributed by atoms with E-state index in [9.17, 15) is 4.79 Å². The maximum absolute atomic E-state index is 11.5. The van der Waals surface area contributed by atoms with Crippen LogP contribution in [0.3, 0.4) is 0 Å². The third kappa shape index (κ3) is 2.25. The Morgan fingerprint density at radius 2 is 2.00 bits per heavy atom.